The predicted octanol–water partition coefficient (Wildman–Crippen LogP) is 4.48. The van der Waals surface area contributed by atoms with Crippen LogP contribution in [0.15, 0.2) is 49.1 Å². The van der Waals surface area contributed by atoms with E-state index < -0.39 is 52.3 Å². The molecule has 0 saturated heterocycles. The summed E-state index contributed by atoms with van der Waals surface area (Å²) in [5.74, 6) is -9.40. The van der Waals surface area contributed by atoms with Crippen molar-refractivity contribution in [3.63, 3.8) is 0 Å². The maximum Gasteiger partial charge on any atom is 0.338 e. The summed E-state index contributed by atoms with van der Waals surface area (Å²) in [5.41, 5.74) is -0.949. The van der Waals surface area contributed by atoms with Gasteiger partial charge in [0.15, 0.2) is 23.2 Å². The first-order valence-electron chi connectivity index (χ1n) is 7.35. The predicted molar refractivity (Wildman–Crippen MR) is 88.0 cm³/mol. The van der Waals surface area contributed by atoms with Crippen LogP contribution in [0.5, 0.6) is 11.5 Å². The third kappa shape index (κ3) is 4.22. The molecule has 0 aromatic heterocycles. The lowest BCUT2D eigenvalue weighted by Gasteiger charge is -2.11. The van der Waals surface area contributed by atoms with E-state index >= 15 is 0 Å². The van der Waals surface area contributed by atoms with Crippen molar-refractivity contribution in [2.45, 2.75) is 6.92 Å². The van der Waals surface area contributed by atoms with Crippen molar-refractivity contribution >= 4 is 11.9 Å². The molecular weight excluding hydrogens is 368 g/mol. The Labute approximate surface area is 151 Å². The van der Waals surface area contributed by atoms with Gasteiger partial charge in [-0.1, -0.05) is 13.2 Å². The minimum absolute atomic E-state index is 0.0874. The van der Waals surface area contributed by atoms with Gasteiger partial charge in [0.1, 0.15) is 0 Å². The monoisotopic (exact) mass is 380 g/mol. The standard InChI is InChI=1S/C19H12F4O4/c1-4-15(24)26-14-6-5-11(16(22)17(14)23)10-7-12(20)18(13(21)8-10)27-19(25)9(2)3/h4-8H,1-2H2,3H3. The van der Waals surface area contributed by atoms with E-state index in [0.717, 1.165) is 18.2 Å². The molecule has 0 bridgehead atoms. The third-order valence-electron chi connectivity index (χ3n) is 3.28. The second-order valence-electron chi connectivity index (χ2n) is 5.30. The minimum Gasteiger partial charge on any atom is -0.420 e. The third-order valence-corrected chi connectivity index (χ3v) is 3.28. The number of carbonyl (C=O) groups is 2. The lowest BCUT2D eigenvalue weighted by molar-refractivity contribution is -0.130. The highest BCUT2D eigenvalue weighted by Gasteiger charge is 2.21. The summed E-state index contributed by atoms with van der Waals surface area (Å²) in [6.45, 7) is 7.68. The van der Waals surface area contributed by atoms with Gasteiger partial charge in [-0.2, -0.15) is 4.39 Å². The second kappa shape index (κ2) is 7.86. The van der Waals surface area contributed by atoms with Gasteiger partial charge in [-0.15, -0.1) is 0 Å². The highest BCUT2D eigenvalue weighted by atomic mass is 19.2. The number of carbonyl (C=O) groups excluding carboxylic acids is 2. The Morgan fingerprint density at radius 2 is 1.59 bits per heavy atom. The number of hydrogen-bond donors (Lipinski definition) is 0. The zero-order valence-electron chi connectivity index (χ0n) is 13.9. The first kappa shape index (κ1) is 19.9. The Morgan fingerprint density at radius 1 is 1.00 bits per heavy atom. The van der Waals surface area contributed by atoms with Gasteiger partial charge in [0, 0.05) is 17.2 Å². The van der Waals surface area contributed by atoms with Gasteiger partial charge in [0.05, 0.1) is 0 Å². The number of hydrogen-bond acceptors (Lipinski definition) is 4. The molecule has 0 radical (unpaired) electrons. The molecule has 8 heteroatoms. The molecule has 0 heterocycles. The number of ether oxygens (including phenoxy) is 2. The molecule has 27 heavy (non-hydrogen) atoms. The Morgan fingerprint density at radius 3 is 2.11 bits per heavy atom. The van der Waals surface area contributed by atoms with Crippen LogP contribution in [-0.4, -0.2) is 11.9 Å². The summed E-state index contributed by atoms with van der Waals surface area (Å²) >= 11 is 0. The molecule has 0 spiro atoms. The molecule has 0 aliphatic heterocycles. The van der Waals surface area contributed by atoms with Crippen molar-refractivity contribution in [1.29, 1.82) is 0 Å². The van der Waals surface area contributed by atoms with Gasteiger partial charge in [-0.3, -0.25) is 0 Å². The summed E-state index contributed by atoms with van der Waals surface area (Å²) in [5, 5.41) is 0. The van der Waals surface area contributed by atoms with Crippen LogP contribution in [0.4, 0.5) is 17.6 Å². The van der Waals surface area contributed by atoms with E-state index in [4.69, 9.17) is 0 Å². The lowest BCUT2D eigenvalue weighted by Crippen LogP contribution is -2.11. The first-order valence-corrected chi connectivity index (χ1v) is 7.35. The maximum atomic E-state index is 14.2. The van der Waals surface area contributed by atoms with Crippen LogP contribution in [-0.2, 0) is 9.59 Å². The highest BCUT2D eigenvalue weighted by molar-refractivity contribution is 5.89. The molecule has 2 aromatic rings. The van der Waals surface area contributed by atoms with Crippen LogP contribution in [0.25, 0.3) is 11.1 Å². The number of rotatable bonds is 5. The Bertz CT molecular complexity index is 943. The van der Waals surface area contributed by atoms with Gasteiger partial charge in [-0.25, -0.2) is 22.8 Å². The average Bonchev–Trinajstić information content (AvgIpc) is 2.61. The van der Waals surface area contributed by atoms with Gasteiger partial charge in [0.2, 0.25) is 11.6 Å². The summed E-state index contributed by atoms with van der Waals surface area (Å²) < 4.78 is 65.5. The van der Waals surface area contributed by atoms with E-state index in [2.05, 4.69) is 22.6 Å². The molecule has 0 N–H and O–H groups in total. The van der Waals surface area contributed by atoms with Crippen LogP contribution >= 0.6 is 0 Å². The molecule has 140 valence electrons. The lowest BCUT2D eigenvalue weighted by atomic mass is 10.0. The van der Waals surface area contributed by atoms with E-state index in [1.165, 1.54) is 6.92 Å². The van der Waals surface area contributed by atoms with E-state index in [-0.39, 0.29) is 11.1 Å². The molecular formula is C19H12F4O4. The Balaban J connectivity index is 2.46. The van der Waals surface area contributed by atoms with Crippen LogP contribution in [0, 0.1) is 23.3 Å². The fraction of sp³-hybridized carbons (Fsp3) is 0.0526. The number of benzene rings is 2. The fourth-order valence-electron chi connectivity index (χ4n) is 1.98. The minimum atomic E-state index is -1.53. The van der Waals surface area contributed by atoms with Crippen LogP contribution in [0.1, 0.15) is 6.92 Å². The molecule has 0 unspecified atom stereocenters. The van der Waals surface area contributed by atoms with Gasteiger partial charge in [0.25, 0.3) is 0 Å². The summed E-state index contributed by atoms with van der Waals surface area (Å²) in [4.78, 5) is 22.5. The quantitative estimate of drug-likeness (QED) is 0.332. The molecule has 0 aliphatic rings. The SMILES string of the molecule is C=CC(=O)Oc1ccc(-c2cc(F)c(OC(=O)C(=C)C)c(F)c2)c(F)c1F. The average molecular weight is 380 g/mol. The zero-order valence-corrected chi connectivity index (χ0v) is 13.9. The zero-order chi connectivity index (χ0) is 20.3. The van der Waals surface area contributed by atoms with Gasteiger partial charge < -0.3 is 9.47 Å². The molecule has 0 aliphatic carbocycles. The van der Waals surface area contributed by atoms with Crippen molar-refractivity contribution in [3.8, 4) is 22.6 Å². The molecule has 0 saturated carbocycles. The van der Waals surface area contributed by atoms with Gasteiger partial charge in [-0.05, 0) is 36.8 Å². The highest BCUT2D eigenvalue weighted by Crippen LogP contribution is 2.34. The van der Waals surface area contributed by atoms with Gasteiger partial charge >= 0.3 is 11.9 Å². The maximum absolute atomic E-state index is 14.2. The topological polar surface area (TPSA) is 52.6 Å². The molecule has 0 atom stereocenters. The largest absolute Gasteiger partial charge is 0.420 e. The summed E-state index contributed by atoms with van der Waals surface area (Å²) in [6.07, 6.45) is 0.751. The smallest absolute Gasteiger partial charge is 0.338 e. The van der Waals surface area contributed by atoms with E-state index in [9.17, 15) is 27.2 Å². The number of halogens is 4. The summed E-state index contributed by atoms with van der Waals surface area (Å²) in [7, 11) is 0. The van der Waals surface area contributed by atoms with E-state index in [0.29, 0.717) is 12.1 Å². The Hall–Kier alpha value is -3.42. The molecule has 0 amide bonds. The van der Waals surface area contributed by atoms with E-state index in [1.54, 1.807) is 0 Å². The van der Waals surface area contributed by atoms with Crippen LogP contribution in [0.2, 0.25) is 0 Å². The normalized spacial score (nSPS) is 10.3. The van der Waals surface area contributed by atoms with Crippen molar-refractivity contribution in [3.05, 3.63) is 72.3 Å². The first-order chi connectivity index (χ1) is 12.6. The summed E-state index contributed by atoms with van der Waals surface area (Å²) in [6, 6.07) is 3.21. The van der Waals surface area contributed by atoms with Crippen molar-refractivity contribution in [2.24, 2.45) is 0 Å². The molecule has 0 fully saturated rings. The van der Waals surface area contributed by atoms with Crippen molar-refractivity contribution < 1.29 is 36.6 Å². The fourth-order valence-corrected chi connectivity index (χ4v) is 1.98. The molecule has 2 aromatic carbocycles. The Kier molecular flexibility index (Phi) is 5.79. The molecule has 4 nitrogen and oxygen atoms in total. The number of esters is 2. The van der Waals surface area contributed by atoms with Crippen molar-refractivity contribution in [2.75, 3.05) is 0 Å². The van der Waals surface area contributed by atoms with Crippen LogP contribution < -0.4 is 9.47 Å². The van der Waals surface area contributed by atoms with Crippen LogP contribution in [0.3, 0.4) is 0 Å². The molecule has 2 rings (SSSR count). The van der Waals surface area contributed by atoms with Crippen molar-refractivity contribution in [1.82, 2.24) is 0 Å². The van der Waals surface area contributed by atoms with E-state index in [1.807, 2.05) is 0 Å². The second-order valence-corrected chi connectivity index (χ2v) is 5.30.